The van der Waals surface area contributed by atoms with Crippen LogP contribution in [0, 0.1) is 6.92 Å². The van der Waals surface area contributed by atoms with Gasteiger partial charge in [-0.05, 0) is 6.92 Å². The van der Waals surface area contributed by atoms with E-state index in [2.05, 4.69) is 4.98 Å². The van der Waals surface area contributed by atoms with Crippen LogP contribution in [0.15, 0.2) is 42.7 Å². The Morgan fingerprint density at radius 2 is 2.00 bits per heavy atom. The molecular weight excluding hydrogens is 176 g/mol. The van der Waals surface area contributed by atoms with Crippen molar-refractivity contribution in [2.45, 2.75) is 13.2 Å². The van der Waals surface area contributed by atoms with Crippen LogP contribution in [0.1, 0.15) is 17.6 Å². The number of aliphatic hydroxyl groups is 1. The predicted molar refractivity (Wildman–Crippen MR) is 53.8 cm³/mol. The number of hydrogen-bond donors (Lipinski definition) is 1. The maximum Gasteiger partial charge on any atom is 0.157 e. The van der Waals surface area contributed by atoms with Gasteiger partial charge in [-0.2, -0.15) is 0 Å². The van der Waals surface area contributed by atoms with E-state index in [1.165, 1.54) is 0 Å². The molecule has 1 aromatic heterocycles. The predicted octanol–water partition coefficient (Wildman–Crippen LogP) is 1.73. The summed E-state index contributed by atoms with van der Waals surface area (Å²) in [5.41, 5.74) is 0.869. The summed E-state index contributed by atoms with van der Waals surface area (Å²) in [6.07, 6.45) is 2.81. The number of hydrogen-bond acceptors (Lipinski definition) is 2. The molecule has 2 rings (SSSR count). The average molecular weight is 188 g/mol. The molecule has 1 aromatic carbocycles. The minimum Gasteiger partial charge on any atom is -0.369 e. The van der Waals surface area contributed by atoms with Gasteiger partial charge in [0.2, 0.25) is 0 Å². The quantitative estimate of drug-likeness (QED) is 0.779. The summed E-state index contributed by atoms with van der Waals surface area (Å²) in [5, 5.41) is 9.98. The highest BCUT2D eigenvalue weighted by molar-refractivity contribution is 5.18. The summed E-state index contributed by atoms with van der Waals surface area (Å²) < 4.78 is 1.73. The first-order valence-corrected chi connectivity index (χ1v) is 4.51. The molecule has 0 spiro atoms. The lowest BCUT2D eigenvalue weighted by atomic mass is 10.2. The molecule has 1 heterocycles. The molecule has 3 heteroatoms. The molecular formula is C11H12N2O. The highest BCUT2D eigenvalue weighted by Gasteiger charge is 2.09. The largest absolute Gasteiger partial charge is 0.369 e. The topological polar surface area (TPSA) is 38.0 Å². The molecule has 72 valence electrons. The van der Waals surface area contributed by atoms with Crippen LogP contribution in [0.25, 0.3) is 0 Å². The van der Waals surface area contributed by atoms with Gasteiger partial charge in [0, 0.05) is 18.0 Å². The Labute approximate surface area is 82.7 Å². The SMILES string of the molecule is Cc1nccn1C(O)c1ccccc1. The van der Waals surface area contributed by atoms with E-state index in [4.69, 9.17) is 0 Å². The van der Waals surface area contributed by atoms with Crippen molar-refractivity contribution in [3.8, 4) is 0 Å². The monoisotopic (exact) mass is 188 g/mol. The summed E-state index contributed by atoms with van der Waals surface area (Å²) in [6, 6.07) is 9.53. The molecule has 0 bridgehead atoms. The smallest absolute Gasteiger partial charge is 0.157 e. The lowest BCUT2D eigenvalue weighted by Crippen LogP contribution is -2.10. The van der Waals surface area contributed by atoms with Crippen molar-refractivity contribution >= 4 is 0 Å². The zero-order valence-electron chi connectivity index (χ0n) is 7.96. The van der Waals surface area contributed by atoms with E-state index in [1.807, 2.05) is 37.3 Å². The second-order valence-corrected chi connectivity index (χ2v) is 3.17. The standard InChI is InChI=1S/C11H12N2O/c1-9-12-7-8-13(9)11(14)10-5-3-2-4-6-10/h2-8,11,14H,1H3. The van der Waals surface area contributed by atoms with E-state index in [9.17, 15) is 5.11 Å². The van der Waals surface area contributed by atoms with Crippen LogP contribution in [0.2, 0.25) is 0 Å². The molecule has 1 atom stereocenters. The summed E-state index contributed by atoms with van der Waals surface area (Å²) in [7, 11) is 0. The molecule has 14 heavy (non-hydrogen) atoms. The van der Waals surface area contributed by atoms with Gasteiger partial charge < -0.3 is 9.67 Å². The minimum absolute atomic E-state index is 0.640. The van der Waals surface area contributed by atoms with Gasteiger partial charge in [0.25, 0.3) is 0 Å². The van der Waals surface area contributed by atoms with E-state index in [0.717, 1.165) is 11.4 Å². The number of aryl methyl sites for hydroxylation is 1. The van der Waals surface area contributed by atoms with Crippen molar-refractivity contribution in [1.29, 1.82) is 0 Å². The van der Waals surface area contributed by atoms with Crippen LogP contribution in [-0.2, 0) is 0 Å². The van der Waals surface area contributed by atoms with E-state index in [1.54, 1.807) is 17.0 Å². The van der Waals surface area contributed by atoms with E-state index < -0.39 is 6.23 Å². The zero-order chi connectivity index (χ0) is 9.97. The molecule has 1 N–H and O–H groups in total. The Hall–Kier alpha value is -1.61. The molecule has 0 radical (unpaired) electrons. The van der Waals surface area contributed by atoms with Gasteiger partial charge in [0.05, 0.1) is 0 Å². The van der Waals surface area contributed by atoms with Gasteiger partial charge in [-0.3, -0.25) is 0 Å². The van der Waals surface area contributed by atoms with Crippen molar-refractivity contribution in [1.82, 2.24) is 9.55 Å². The Bertz CT molecular complexity index is 408. The Balaban J connectivity index is 2.34. The van der Waals surface area contributed by atoms with Gasteiger partial charge >= 0.3 is 0 Å². The normalized spacial score (nSPS) is 12.7. The molecule has 0 saturated heterocycles. The zero-order valence-corrected chi connectivity index (χ0v) is 7.96. The molecule has 1 unspecified atom stereocenters. The molecule has 0 aliphatic carbocycles. The maximum atomic E-state index is 9.98. The molecule has 0 fully saturated rings. The molecule has 0 amide bonds. The number of imidazole rings is 1. The summed E-state index contributed by atoms with van der Waals surface area (Å²) in [6.45, 7) is 1.87. The van der Waals surface area contributed by atoms with Crippen LogP contribution in [0.5, 0.6) is 0 Å². The number of rotatable bonds is 2. The van der Waals surface area contributed by atoms with E-state index >= 15 is 0 Å². The first-order valence-electron chi connectivity index (χ1n) is 4.51. The van der Waals surface area contributed by atoms with E-state index in [-0.39, 0.29) is 0 Å². The molecule has 0 saturated carbocycles. The number of aliphatic hydroxyl groups excluding tert-OH is 1. The first kappa shape index (κ1) is 8.97. The molecule has 0 aliphatic rings. The van der Waals surface area contributed by atoms with Crippen LogP contribution >= 0.6 is 0 Å². The van der Waals surface area contributed by atoms with Gasteiger partial charge in [0.1, 0.15) is 5.82 Å². The number of benzene rings is 1. The molecule has 0 aliphatic heterocycles. The second kappa shape index (κ2) is 3.64. The molecule has 3 nitrogen and oxygen atoms in total. The molecule has 2 aromatic rings. The minimum atomic E-state index is -0.640. The third-order valence-electron chi connectivity index (χ3n) is 2.22. The third kappa shape index (κ3) is 1.54. The van der Waals surface area contributed by atoms with Crippen LogP contribution in [0.4, 0.5) is 0 Å². The highest BCUT2D eigenvalue weighted by atomic mass is 16.3. The second-order valence-electron chi connectivity index (χ2n) is 3.17. The summed E-state index contributed by atoms with van der Waals surface area (Å²) >= 11 is 0. The van der Waals surface area contributed by atoms with Gasteiger partial charge in [0.15, 0.2) is 6.23 Å². The van der Waals surface area contributed by atoms with Crippen molar-refractivity contribution in [3.05, 3.63) is 54.1 Å². The van der Waals surface area contributed by atoms with Crippen LogP contribution in [0.3, 0.4) is 0 Å². The third-order valence-corrected chi connectivity index (χ3v) is 2.22. The summed E-state index contributed by atoms with van der Waals surface area (Å²) in [4.78, 5) is 4.07. The van der Waals surface area contributed by atoms with Crippen LogP contribution < -0.4 is 0 Å². The Morgan fingerprint density at radius 3 is 2.57 bits per heavy atom. The van der Waals surface area contributed by atoms with Gasteiger partial charge in [-0.15, -0.1) is 0 Å². The Kier molecular flexibility index (Phi) is 2.33. The maximum absolute atomic E-state index is 9.98. The summed E-state index contributed by atoms with van der Waals surface area (Å²) in [5.74, 6) is 0.807. The fraction of sp³-hybridized carbons (Fsp3) is 0.182. The van der Waals surface area contributed by atoms with Crippen molar-refractivity contribution in [2.24, 2.45) is 0 Å². The average Bonchev–Trinajstić information content (AvgIpc) is 2.65. The number of aromatic nitrogens is 2. The van der Waals surface area contributed by atoms with Crippen molar-refractivity contribution in [2.75, 3.05) is 0 Å². The number of nitrogens with zero attached hydrogens (tertiary/aromatic N) is 2. The van der Waals surface area contributed by atoms with E-state index in [0.29, 0.717) is 0 Å². The lowest BCUT2D eigenvalue weighted by Gasteiger charge is -2.13. The van der Waals surface area contributed by atoms with Crippen molar-refractivity contribution < 1.29 is 5.11 Å². The van der Waals surface area contributed by atoms with Gasteiger partial charge in [-0.25, -0.2) is 4.98 Å². The van der Waals surface area contributed by atoms with Gasteiger partial charge in [-0.1, -0.05) is 30.3 Å². The highest BCUT2D eigenvalue weighted by Crippen LogP contribution is 2.15. The fourth-order valence-electron chi connectivity index (χ4n) is 1.43. The van der Waals surface area contributed by atoms with Crippen molar-refractivity contribution in [3.63, 3.8) is 0 Å². The van der Waals surface area contributed by atoms with Crippen LogP contribution in [-0.4, -0.2) is 14.7 Å². The first-order chi connectivity index (χ1) is 6.79. The Morgan fingerprint density at radius 1 is 1.29 bits per heavy atom. The lowest BCUT2D eigenvalue weighted by molar-refractivity contribution is 0.144. The fourth-order valence-corrected chi connectivity index (χ4v) is 1.43.